The molecule has 1 amide bonds. The molecule has 28 heavy (non-hydrogen) atoms. The molecule has 2 rings (SSSR count). The summed E-state index contributed by atoms with van der Waals surface area (Å²) in [5, 5.41) is 2.53. The number of benzene rings is 2. The fraction of sp³-hybridized carbons (Fsp3) is 0.222. The van der Waals surface area contributed by atoms with Crippen LogP contribution in [0.1, 0.15) is 10.4 Å². The monoisotopic (exact) mass is 415 g/mol. The second-order valence-corrected chi connectivity index (χ2v) is 6.40. The first kappa shape index (κ1) is 21.4. The van der Waals surface area contributed by atoms with Crippen LogP contribution in [0.2, 0.25) is 0 Å². The van der Waals surface area contributed by atoms with E-state index in [1.807, 2.05) is 0 Å². The zero-order valence-electron chi connectivity index (χ0n) is 14.8. The number of carbonyl (C=O) groups excluding carboxylic acids is 2. The maximum atomic E-state index is 12.3. The van der Waals surface area contributed by atoms with Crippen molar-refractivity contribution >= 4 is 29.3 Å². The quantitative estimate of drug-likeness (QED) is 0.542. The molecule has 0 spiro atoms. The number of halogens is 3. The van der Waals surface area contributed by atoms with Crippen LogP contribution in [-0.2, 0) is 9.53 Å². The predicted octanol–water partition coefficient (Wildman–Crippen LogP) is 4.11. The van der Waals surface area contributed by atoms with E-state index in [0.29, 0.717) is 17.2 Å². The number of nitrogens with one attached hydrogen (secondary N) is 1. The number of thioether (sulfide) groups is 1. The van der Waals surface area contributed by atoms with Crippen LogP contribution in [0, 0.1) is 0 Å². The first-order chi connectivity index (χ1) is 13.2. The lowest BCUT2D eigenvalue weighted by atomic mass is 10.2. The molecule has 150 valence electrons. The fourth-order valence-electron chi connectivity index (χ4n) is 2.10. The van der Waals surface area contributed by atoms with Crippen LogP contribution in [-0.4, -0.2) is 38.2 Å². The van der Waals surface area contributed by atoms with Gasteiger partial charge in [0.25, 0.3) is 5.91 Å². The number of anilines is 1. The fourth-order valence-corrected chi connectivity index (χ4v) is 2.63. The topological polar surface area (TPSA) is 73.9 Å². The SMILES string of the molecule is COc1ccc(NC(=O)COC(=O)c2ccc(SC(F)(F)F)cc2)c(OC)c1. The van der Waals surface area contributed by atoms with Gasteiger partial charge >= 0.3 is 11.5 Å². The Bertz CT molecular complexity index is 840. The summed E-state index contributed by atoms with van der Waals surface area (Å²) in [6.45, 7) is -0.576. The van der Waals surface area contributed by atoms with Gasteiger partial charge in [0, 0.05) is 11.0 Å². The van der Waals surface area contributed by atoms with E-state index in [2.05, 4.69) is 5.32 Å². The van der Waals surface area contributed by atoms with Gasteiger partial charge in [-0.2, -0.15) is 13.2 Å². The van der Waals surface area contributed by atoms with E-state index in [1.165, 1.54) is 26.4 Å². The van der Waals surface area contributed by atoms with E-state index in [-0.39, 0.29) is 22.2 Å². The second kappa shape index (κ2) is 9.36. The Labute approximate surface area is 163 Å². The number of hydrogen-bond donors (Lipinski definition) is 1. The van der Waals surface area contributed by atoms with E-state index >= 15 is 0 Å². The van der Waals surface area contributed by atoms with E-state index in [4.69, 9.17) is 14.2 Å². The van der Waals surface area contributed by atoms with Gasteiger partial charge in [-0.05, 0) is 48.2 Å². The van der Waals surface area contributed by atoms with Crippen LogP contribution >= 0.6 is 11.8 Å². The van der Waals surface area contributed by atoms with Crippen molar-refractivity contribution in [1.29, 1.82) is 0 Å². The highest BCUT2D eigenvalue weighted by Gasteiger charge is 2.29. The summed E-state index contributed by atoms with van der Waals surface area (Å²) in [5.74, 6) is -0.549. The standard InChI is InChI=1S/C18H16F3NO5S/c1-25-12-5-8-14(15(9-12)26-2)22-16(23)10-27-17(24)11-3-6-13(7-4-11)28-18(19,20)21/h3-9H,10H2,1-2H3,(H,22,23). The Morgan fingerprint density at radius 1 is 1.04 bits per heavy atom. The first-order valence-corrected chi connectivity index (χ1v) is 8.58. The largest absolute Gasteiger partial charge is 0.497 e. The Balaban J connectivity index is 1.91. The van der Waals surface area contributed by atoms with Crippen LogP contribution < -0.4 is 14.8 Å². The Morgan fingerprint density at radius 2 is 1.71 bits per heavy atom. The third-order valence-corrected chi connectivity index (χ3v) is 4.08. The van der Waals surface area contributed by atoms with Crippen molar-refractivity contribution in [2.75, 3.05) is 26.1 Å². The lowest BCUT2D eigenvalue weighted by Crippen LogP contribution is -2.21. The molecule has 0 aliphatic carbocycles. The van der Waals surface area contributed by atoms with Crippen molar-refractivity contribution in [3.05, 3.63) is 48.0 Å². The van der Waals surface area contributed by atoms with Crippen molar-refractivity contribution in [3.8, 4) is 11.5 Å². The van der Waals surface area contributed by atoms with Gasteiger partial charge in [-0.15, -0.1) is 0 Å². The van der Waals surface area contributed by atoms with Gasteiger partial charge in [-0.3, -0.25) is 4.79 Å². The normalized spacial score (nSPS) is 10.9. The lowest BCUT2D eigenvalue weighted by molar-refractivity contribution is -0.119. The van der Waals surface area contributed by atoms with Crippen LogP contribution in [0.15, 0.2) is 47.4 Å². The Hall–Kier alpha value is -2.88. The van der Waals surface area contributed by atoms with Crippen molar-refractivity contribution in [2.45, 2.75) is 10.4 Å². The van der Waals surface area contributed by atoms with E-state index in [0.717, 1.165) is 12.1 Å². The van der Waals surface area contributed by atoms with Gasteiger partial charge in [0.1, 0.15) is 11.5 Å². The zero-order valence-corrected chi connectivity index (χ0v) is 15.6. The Morgan fingerprint density at radius 3 is 2.29 bits per heavy atom. The molecular weight excluding hydrogens is 399 g/mol. The number of amides is 1. The average Bonchev–Trinajstić information content (AvgIpc) is 2.65. The minimum Gasteiger partial charge on any atom is -0.497 e. The first-order valence-electron chi connectivity index (χ1n) is 7.76. The second-order valence-electron chi connectivity index (χ2n) is 5.26. The van der Waals surface area contributed by atoms with Crippen LogP contribution in [0.5, 0.6) is 11.5 Å². The number of alkyl halides is 3. The average molecular weight is 415 g/mol. The van der Waals surface area contributed by atoms with Crippen LogP contribution in [0.4, 0.5) is 18.9 Å². The molecule has 10 heteroatoms. The highest BCUT2D eigenvalue weighted by Crippen LogP contribution is 2.36. The predicted molar refractivity (Wildman–Crippen MR) is 96.8 cm³/mol. The van der Waals surface area contributed by atoms with Crippen LogP contribution in [0.3, 0.4) is 0 Å². The van der Waals surface area contributed by atoms with E-state index in [1.54, 1.807) is 18.2 Å². The number of methoxy groups -OCH3 is 2. The third-order valence-electron chi connectivity index (χ3n) is 3.34. The smallest absolute Gasteiger partial charge is 0.446 e. The molecule has 0 aliphatic rings. The van der Waals surface area contributed by atoms with Gasteiger partial charge in [0.05, 0.1) is 25.5 Å². The molecule has 0 aromatic heterocycles. The molecular formula is C18H16F3NO5S. The third kappa shape index (κ3) is 6.38. The Kier molecular flexibility index (Phi) is 7.16. The highest BCUT2D eigenvalue weighted by molar-refractivity contribution is 8.00. The summed E-state index contributed by atoms with van der Waals surface area (Å²) >= 11 is -0.290. The number of carbonyl (C=O) groups is 2. The molecule has 0 unspecified atom stereocenters. The van der Waals surface area contributed by atoms with E-state index < -0.39 is 24.0 Å². The maximum absolute atomic E-state index is 12.3. The van der Waals surface area contributed by atoms with Gasteiger partial charge in [0.15, 0.2) is 6.61 Å². The molecule has 0 heterocycles. The van der Waals surface area contributed by atoms with E-state index in [9.17, 15) is 22.8 Å². The summed E-state index contributed by atoms with van der Waals surface area (Å²) in [6.07, 6.45) is 0. The van der Waals surface area contributed by atoms with Gasteiger partial charge in [-0.25, -0.2) is 4.79 Å². The number of ether oxygens (including phenoxy) is 3. The van der Waals surface area contributed by atoms with Gasteiger partial charge in [0.2, 0.25) is 0 Å². The molecule has 2 aromatic rings. The number of hydrogen-bond acceptors (Lipinski definition) is 6. The lowest BCUT2D eigenvalue weighted by Gasteiger charge is -2.12. The molecule has 0 bridgehead atoms. The van der Waals surface area contributed by atoms with Gasteiger partial charge in [-0.1, -0.05) is 0 Å². The van der Waals surface area contributed by atoms with Crippen molar-refractivity contribution < 1.29 is 37.0 Å². The van der Waals surface area contributed by atoms with Crippen molar-refractivity contribution in [1.82, 2.24) is 0 Å². The molecule has 2 aromatic carbocycles. The minimum absolute atomic E-state index is 0.0290. The minimum atomic E-state index is -4.41. The summed E-state index contributed by atoms with van der Waals surface area (Å²) in [7, 11) is 2.91. The maximum Gasteiger partial charge on any atom is 0.446 e. The zero-order chi connectivity index (χ0) is 20.7. The molecule has 0 atom stereocenters. The summed E-state index contributed by atoms with van der Waals surface area (Å²) < 4.78 is 52.0. The number of esters is 1. The number of rotatable bonds is 7. The van der Waals surface area contributed by atoms with Crippen LogP contribution in [0.25, 0.3) is 0 Å². The molecule has 0 aliphatic heterocycles. The van der Waals surface area contributed by atoms with Gasteiger partial charge < -0.3 is 19.5 Å². The summed E-state index contributed by atoms with van der Waals surface area (Å²) in [4.78, 5) is 23.8. The summed E-state index contributed by atoms with van der Waals surface area (Å²) in [5.41, 5.74) is -4.03. The molecule has 0 radical (unpaired) electrons. The molecule has 0 fully saturated rings. The van der Waals surface area contributed by atoms with Crippen molar-refractivity contribution in [3.63, 3.8) is 0 Å². The molecule has 0 saturated heterocycles. The molecule has 6 nitrogen and oxygen atoms in total. The van der Waals surface area contributed by atoms with Crippen molar-refractivity contribution in [2.24, 2.45) is 0 Å². The molecule has 0 saturated carbocycles. The highest BCUT2D eigenvalue weighted by atomic mass is 32.2. The molecule has 1 N–H and O–H groups in total. The summed E-state index contributed by atoms with van der Waals surface area (Å²) in [6, 6.07) is 9.44.